The van der Waals surface area contributed by atoms with E-state index in [0.29, 0.717) is 29.8 Å². The summed E-state index contributed by atoms with van der Waals surface area (Å²) >= 11 is 0. The van der Waals surface area contributed by atoms with E-state index in [2.05, 4.69) is 31.0 Å². The number of hydrogen-bond donors (Lipinski definition) is 1. The molecule has 0 aromatic rings. The van der Waals surface area contributed by atoms with Crippen LogP contribution in [-0.2, 0) is 4.79 Å². The van der Waals surface area contributed by atoms with Gasteiger partial charge in [0.1, 0.15) is 0 Å². The third-order valence-corrected chi connectivity index (χ3v) is 4.59. The van der Waals surface area contributed by atoms with Crippen LogP contribution in [0.4, 0.5) is 0 Å². The van der Waals surface area contributed by atoms with E-state index in [-0.39, 0.29) is 0 Å². The zero-order valence-corrected chi connectivity index (χ0v) is 12.8. The molecule has 1 saturated heterocycles. The van der Waals surface area contributed by atoms with Crippen molar-refractivity contribution >= 4 is 5.91 Å². The first kappa shape index (κ1) is 14.8. The molecule has 2 atom stereocenters. The highest BCUT2D eigenvalue weighted by molar-refractivity contribution is 5.79. The van der Waals surface area contributed by atoms with Gasteiger partial charge in [0, 0.05) is 31.1 Å². The fraction of sp³-hybridized carbons (Fsp3) is 0.938. The van der Waals surface area contributed by atoms with Crippen molar-refractivity contribution < 1.29 is 4.79 Å². The quantitative estimate of drug-likeness (QED) is 0.852. The van der Waals surface area contributed by atoms with Crippen molar-refractivity contribution in [3.8, 4) is 0 Å². The number of hydrogen-bond acceptors (Lipinski definition) is 2. The lowest BCUT2D eigenvalue weighted by molar-refractivity contribution is -0.141. The van der Waals surface area contributed by atoms with Gasteiger partial charge < -0.3 is 10.2 Å². The molecule has 0 spiro atoms. The SMILES string of the molecule is CC(C)CC1CNC(C)CN1C(=O)C1CCCCC1. The lowest BCUT2D eigenvalue weighted by Crippen LogP contribution is -2.59. The molecule has 0 radical (unpaired) electrons. The van der Waals surface area contributed by atoms with Gasteiger partial charge in [-0.25, -0.2) is 0 Å². The molecule has 1 aliphatic heterocycles. The second kappa shape index (κ2) is 6.74. The van der Waals surface area contributed by atoms with Crippen molar-refractivity contribution in [2.24, 2.45) is 11.8 Å². The predicted molar refractivity (Wildman–Crippen MR) is 79.0 cm³/mol. The summed E-state index contributed by atoms with van der Waals surface area (Å²) in [5.41, 5.74) is 0. The summed E-state index contributed by atoms with van der Waals surface area (Å²) in [6.45, 7) is 8.56. The molecular weight excluding hydrogens is 236 g/mol. The second-order valence-electron chi connectivity index (χ2n) is 6.92. The van der Waals surface area contributed by atoms with Crippen molar-refractivity contribution in [2.75, 3.05) is 13.1 Å². The Morgan fingerprint density at radius 2 is 1.95 bits per heavy atom. The van der Waals surface area contributed by atoms with Crippen molar-refractivity contribution in [1.29, 1.82) is 0 Å². The number of nitrogens with zero attached hydrogens (tertiary/aromatic N) is 1. The van der Waals surface area contributed by atoms with Gasteiger partial charge >= 0.3 is 0 Å². The molecule has 1 saturated carbocycles. The van der Waals surface area contributed by atoms with Gasteiger partial charge in [-0.2, -0.15) is 0 Å². The van der Waals surface area contributed by atoms with E-state index in [0.717, 1.165) is 32.4 Å². The van der Waals surface area contributed by atoms with Gasteiger partial charge in [-0.15, -0.1) is 0 Å². The van der Waals surface area contributed by atoms with Crippen LogP contribution in [0.1, 0.15) is 59.3 Å². The van der Waals surface area contributed by atoms with Crippen LogP contribution < -0.4 is 5.32 Å². The van der Waals surface area contributed by atoms with Gasteiger partial charge in [0.2, 0.25) is 5.91 Å². The number of rotatable bonds is 3. The fourth-order valence-corrected chi connectivity index (χ4v) is 3.56. The first-order valence-electron chi connectivity index (χ1n) is 8.11. The maximum atomic E-state index is 12.8. The number of amides is 1. The lowest BCUT2D eigenvalue weighted by atomic mass is 9.87. The average molecular weight is 266 g/mol. The standard InChI is InChI=1S/C16H30N2O/c1-12(2)9-15-10-17-13(3)11-18(15)16(19)14-7-5-4-6-8-14/h12-15,17H,4-11H2,1-3H3. The molecule has 2 rings (SSSR count). The van der Waals surface area contributed by atoms with Crippen LogP contribution in [0.5, 0.6) is 0 Å². The van der Waals surface area contributed by atoms with Crippen LogP contribution in [-0.4, -0.2) is 36.0 Å². The van der Waals surface area contributed by atoms with E-state index >= 15 is 0 Å². The molecule has 110 valence electrons. The maximum Gasteiger partial charge on any atom is 0.226 e. The Morgan fingerprint density at radius 3 is 2.58 bits per heavy atom. The molecule has 1 amide bonds. The Labute approximate surface area is 118 Å². The van der Waals surface area contributed by atoms with Crippen LogP contribution in [0, 0.1) is 11.8 Å². The van der Waals surface area contributed by atoms with Crippen molar-refractivity contribution in [1.82, 2.24) is 10.2 Å². The summed E-state index contributed by atoms with van der Waals surface area (Å²) in [6, 6.07) is 0.849. The molecular formula is C16H30N2O. The van der Waals surface area contributed by atoms with Crippen LogP contribution in [0.25, 0.3) is 0 Å². The zero-order valence-electron chi connectivity index (χ0n) is 12.8. The van der Waals surface area contributed by atoms with Crippen LogP contribution in [0.3, 0.4) is 0 Å². The van der Waals surface area contributed by atoms with Crippen LogP contribution >= 0.6 is 0 Å². The second-order valence-corrected chi connectivity index (χ2v) is 6.92. The Morgan fingerprint density at radius 1 is 1.26 bits per heavy atom. The van der Waals surface area contributed by atoms with E-state index in [4.69, 9.17) is 0 Å². The summed E-state index contributed by atoms with van der Waals surface area (Å²) in [7, 11) is 0. The molecule has 2 aliphatic rings. The number of carbonyl (C=O) groups is 1. The molecule has 1 N–H and O–H groups in total. The molecule has 3 heteroatoms. The Balaban J connectivity index is 2.01. The molecule has 19 heavy (non-hydrogen) atoms. The summed E-state index contributed by atoms with van der Waals surface area (Å²) in [6.07, 6.45) is 7.16. The summed E-state index contributed by atoms with van der Waals surface area (Å²) in [4.78, 5) is 15.0. The van der Waals surface area contributed by atoms with Crippen molar-refractivity contribution in [3.05, 3.63) is 0 Å². The van der Waals surface area contributed by atoms with E-state index < -0.39 is 0 Å². The monoisotopic (exact) mass is 266 g/mol. The average Bonchev–Trinajstić information content (AvgIpc) is 2.40. The minimum absolute atomic E-state index is 0.314. The van der Waals surface area contributed by atoms with E-state index in [1.54, 1.807) is 0 Å². The Hall–Kier alpha value is -0.570. The Bertz CT molecular complexity index is 297. The topological polar surface area (TPSA) is 32.3 Å². The minimum atomic E-state index is 0.314. The Kier molecular flexibility index (Phi) is 5.26. The molecule has 0 aromatic carbocycles. The molecule has 0 aromatic heterocycles. The smallest absolute Gasteiger partial charge is 0.226 e. The third kappa shape index (κ3) is 3.95. The van der Waals surface area contributed by atoms with Gasteiger partial charge in [0.05, 0.1) is 0 Å². The van der Waals surface area contributed by atoms with Crippen molar-refractivity contribution in [2.45, 2.75) is 71.4 Å². The van der Waals surface area contributed by atoms with E-state index in [9.17, 15) is 4.79 Å². The highest BCUT2D eigenvalue weighted by atomic mass is 16.2. The van der Waals surface area contributed by atoms with E-state index in [1.165, 1.54) is 19.3 Å². The van der Waals surface area contributed by atoms with Gasteiger partial charge in [-0.3, -0.25) is 4.79 Å². The van der Waals surface area contributed by atoms with Gasteiger partial charge in [-0.05, 0) is 32.1 Å². The molecule has 2 fully saturated rings. The molecule has 1 heterocycles. The fourth-order valence-electron chi connectivity index (χ4n) is 3.56. The summed E-state index contributed by atoms with van der Waals surface area (Å²) < 4.78 is 0. The number of piperazine rings is 1. The first-order chi connectivity index (χ1) is 9.08. The molecule has 1 aliphatic carbocycles. The number of carbonyl (C=O) groups excluding carboxylic acids is 1. The largest absolute Gasteiger partial charge is 0.337 e. The first-order valence-corrected chi connectivity index (χ1v) is 8.11. The van der Waals surface area contributed by atoms with E-state index in [1.807, 2.05) is 0 Å². The molecule has 3 nitrogen and oxygen atoms in total. The highest BCUT2D eigenvalue weighted by Crippen LogP contribution is 2.27. The predicted octanol–water partition coefficient (Wildman–Crippen LogP) is 2.80. The van der Waals surface area contributed by atoms with Gasteiger partial charge in [-0.1, -0.05) is 33.1 Å². The van der Waals surface area contributed by atoms with Crippen LogP contribution in [0.15, 0.2) is 0 Å². The van der Waals surface area contributed by atoms with Crippen LogP contribution in [0.2, 0.25) is 0 Å². The highest BCUT2D eigenvalue weighted by Gasteiger charge is 2.34. The minimum Gasteiger partial charge on any atom is -0.337 e. The third-order valence-electron chi connectivity index (χ3n) is 4.59. The van der Waals surface area contributed by atoms with Gasteiger partial charge in [0.15, 0.2) is 0 Å². The summed E-state index contributed by atoms with van der Waals surface area (Å²) in [5.74, 6) is 1.41. The summed E-state index contributed by atoms with van der Waals surface area (Å²) in [5, 5.41) is 3.53. The zero-order chi connectivity index (χ0) is 13.8. The maximum absolute atomic E-state index is 12.8. The lowest BCUT2D eigenvalue weighted by Gasteiger charge is -2.42. The van der Waals surface area contributed by atoms with Gasteiger partial charge in [0.25, 0.3) is 0 Å². The molecule has 2 unspecified atom stereocenters. The molecule has 0 bridgehead atoms. The normalized spacial score (nSPS) is 29.8. The number of nitrogens with one attached hydrogen (secondary N) is 1. The van der Waals surface area contributed by atoms with Crippen molar-refractivity contribution in [3.63, 3.8) is 0 Å².